The van der Waals surface area contributed by atoms with Crippen molar-refractivity contribution in [2.75, 3.05) is 25.5 Å². The average molecular weight is 370 g/mol. The van der Waals surface area contributed by atoms with E-state index in [4.69, 9.17) is 9.41 Å². The Morgan fingerprint density at radius 1 is 1.19 bits per heavy atom. The second kappa shape index (κ2) is 10.00. The highest BCUT2D eigenvalue weighted by Crippen LogP contribution is 2.17. The molecule has 1 aliphatic rings. The van der Waals surface area contributed by atoms with Crippen LogP contribution in [-0.2, 0) is 13.0 Å². The van der Waals surface area contributed by atoms with E-state index in [1.807, 2.05) is 49.3 Å². The zero-order valence-electron chi connectivity index (χ0n) is 16.4. The first-order valence-corrected chi connectivity index (χ1v) is 9.91. The first kappa shape index (κ1) is 19.3. The molecule has 3 rings (SSSR count). The third-order valence-corrected chi connectivity index (χ3v) is 4.84. The second-order valence-corrected chi connectivity index (χ2v) is 7.28. The Morgan fingerprint density at radius 2 is 2.04 bits per heavy atom. The van der Waals surface area contributed by atoms with E-state index in [1.54, 1.807) is 6.26 Å². The van der Waals surface area contributed by atoms with Crippen LogP contribution in [0.2, 0.25) is 0 Å². The average Bonchev–Trinajstić information content (AvgIpc) is 3.20. The van der Waals surface area contributed by atoms with E-state index in [9.17, 15) is 0 Å². The van der Waals surface area contributed by atoms with Crippen LogP contribution in [-0.4, -0.2) is 37.6 Å². The van der Waals surface area contributed by atoms with Gasteiger partial charge in [-0.05, 0) is 37.1 Å². The molecular weight excluding hydrogens is 338 g/mol. The van der Waals surface area contributed by atoms with E-state index in [1.165, 1.54) is 32.1 Å². The predicted octanol–water partition coefficient (Wildman–Crippen LogP) is 3.35. The van der Waals surface area contributed by atoms with Crippen molar-refractivity contribution in [3.05, 3.63) is 48.0 Å². The van der Waals surface area contributed by atoms with E-state index in [-0.39, 0.29) is 0 Å². The molecule has 2 N–H and O–H groups in total. The van der Waals surface area contributed by atoms with Crippen LogP contribution >= 0.6 is 0 Å². The van der Waals surface area contributed by atoms with E-state index < -0.39 is 0 Å². The Labute approximate surface area is 162 Å². The van der Waals surface area contributed by atoms with Crippen molar-refractivity contribution >= 4 is 11.8 Å². The van der Waals surface area contributed by atoms with Crippen molar-refractivity contribution in [1.82, 2.24) is 15.6 Å². The number of aliphatic imine (C=N–C) groups is 1. The molecule has 27 heavy (non-hydrogen) atoms. The van der Waals surface area contributed by atoms with Crippen molar-refractivity contribution in [1.29, 1.82) is 0 Å². The van der Waals surface area contributed by atoms with Gasteiger partial charge in [-0.2, -0.15) is 0 Å². The molecule has 0 spiro atoms. The van der Waals surface area contributed by atoms with Crippen LogP contribution in [0.1, 0.15) is 43.6 Å². The summed E-state index contributed by atoms with van der Waals surface area (Å²) in [5.41, 5.74) is 0.969. The Bertz CT molecular complexity index is 705. The number of nitrogens with one attached hydrogen (secondary N) is 2. The molecule has 0 radical (unpaired) electrons. The number of pyridine rings is 1. The van der Waals surface area contributed by atoms with Crippen molar-refractivity contribution < 1.29 is 4.42 Å². The molecule has 6 nitrogen and oxygen atoms in total. The number of furan rings is 1. The Balaban J connectivity index is 1.61. The van der Waals surface area contributed by atoms with Crippen LogP contribution in [0.3, 0.4) is 0 Å². The molecule has 1 aliphatic carbocycles. The van der Waals surface area contributed by atoms with Gasteiger partial charge in [-0.25, -0.2) is 9.98 Å². The summed E-state index contributed by atoms with van der Waals surface area (Å²) in [5.74, 6) is 2.81. The lowest BCUT2D eigenvalue weighted by Gasteiger charge is -2.25. The van der Waals surface area contributed by atoms with Gasteiger partial charge in [0.15, 0.2) is 5.96 Å². The van der Waals surface area contributed by atoms with E-state index in [0.717, 1.165) is 36.2 Å². The van der Waals surface area contributed by atoms with Gasteiger partial charge < -0.3 is 20.0 Å². The molecule has 0 aliphatic heterocycles. The number of hydrogen-bond donors (Lipinski definition) is 2. The monoisotopic (exact) mass is 369 g/mol. The van der Waals surface area contributed by atoms with Gasteiger partial charge in [-0.3, -0.25) is 0 Å². The van der Waals surface area contributed by atoms with Gasteiger partial charge in [-0.15, -0.1) is 0 Å². The maximum absolute atomic E-state index is 5.42. The topological polar surface area (TPSA) is 65.7 Å². The fourth-order valence-electron chi connectivity index (χ4n) is 3.32. The number of aromatic nitrogens is 1. The first-order valence-electron chi connectivity index (χ1n) is 9.91. The highest BCUT2D eigenvalue weighted by atomic mass is 16.3. The quantitative estimate of drug-likeness (QED) is 0.579. The van der Waals surface area contributed by atoms with Crippen LogP contribution in [0.25, 0.3) is 0 Å². The maximum Gasteiger partial charge on any atom is 0.191 e. The summed E-state index contributed by atoms with van der Waals surface area (Å²) in [6, 6.07) is 10.5. The SMILES string of the molecule is CN(C)c1cccc(CN=C(NCCc2ccco2)NC2CCCCC2)n1. The fourth-order valence-corrected chi connectivity index (χ4v) is 3.32. The zero-order chi connectivity index (χ0) is 18.9. The summed E-state index contributed by atoms with van der Waals surface area (Å²) in [6.45, 7) is 1.35. The highest BCUT2D eigenvalue weighted by Gasteiger charge is 2.14. The first-order chi connectivity index (χ1) is 13.2. The fraction of sp³-hybridized carbons (Fsp3) is 0.524. The van der Waals surface area contributed by atoms with Gasteiger partial charge in [0.1, 0.15) is 11.6 Å². The summed E-state index contributed by atoms with van der Waals surface area (Å²) in [4.78, 5) is 11.5. The molecule has 1 fully saturated rings. The molecule has 1 saturated carbocycles. The van der Waals surface area contributed by atoms with E-state index >= 15 is 0 Å². The number of guanidine groups is 1. The van der Waals surface area contributed by atoms with E-state index in [0.29, 0.717) is 12.6 Å². The number of hydrogen-bond acceptors (Lipinski definition) is 4. The largest absolute Gasteiger partial charge is 0.469 e. The number of nitrogens with zero attached hydrogens (tertiary/aromatic N) is 3. The van der Waals surface area contributed by atoms with Gasteiger partial charge in [0.25, 0.3) is 0 Å². The summed E-state index contributed by atoms with van der Waals surface area (Å²) in [7, 11) is 4.00. The van der Waals surface area contributed by atoms with Gasteiger partial charge in [0, 0.05) is 33.1 Å². The lowest BCUT2D eigenvalue weighted by Crippen LogP contribution is -2.44. The van der Waals surface area contributed by atoms with E-state index in [2.05, 4.69) is 15.6 Å². The molecule has 146 valence electrons. The van der Waals surface area contributed by atoms with Crippen molar-refractivity contribution in [2.45, 2.75) is 51.1 Å². The second-order valence-electron chi connectivity index (χ2n) is 7.28. The summed E-state index contributed by atoms with van der Waals surface area (Å²) in [6.07, 6.45) is 8.92. The minimum Gasteiger partial charge on any atom is -0.469 e. The molecule has 6 heteroatoms. The minimum absolute atomic E-state index is 0.509. The lowest BCUT2D eigenvalue weighted by atomic mass is 9.96. The summed E-state index contributed by atoms with van der Waals surface area (Å²) >= 11 is 0. The zero-order valence-corrected chi connectivity index (χ0v) is 16.4. The normalized spacial score (nSPS) is 15.6. The molecule has 0 aromatic carbocycles. The number of rotatable bonds is 7. The van der Waals surface area contributed by atoms with Crippen LogP contribution in [0.4, 0.5) is 5.82 Å². The third-order valence-electron chi connectivity index (χ3n) is 4.84. The molecule has 0 bridgehead atoms. The standard InChI is InChI=1S/C21H31N5O/c1-26(2)20-12-6-10-18(24-20)16-23-21(25-17-8-4-3-5-9-17)22-14-13-19-11-7-15-27-19/h6-7,10-12,15,17H,3-5,8-9,13-14,16H2,1-2H3,(H2,22,23,25). The smallest absolute Gasteiger partial charge is 0.191 e. The molecule has 0 amide bonds. The summed E-state index contributed by atoms with van der Waals surface area (Å²) in [5, 5.41) is 7.07. The minimum atomic E-state index is 0.509. The van der Waals surface area contributed by atoms with Crippen molar-refractivity contribution in [2.24, 2.45) is 4.99 Å². The van der Waals surface area contributed by atoms with Gasteiger partial charge in [0.2, 0.25) is 0 Å². The maximum atomic E-state index is 5.42. The molecule has 2 aromatic heterocycles. The molecule has 0 unspecified atom stereocenters. The van der Waals surface area contributed by atoms with Gasteiger partial charge >= 0.3 is 0 Å². The Hall–Kier alpha value is -2.50. The molecule has 0 atom stereocenters. The molecule has 2 aromatic rings. The van der Waals surface area contributed by atoms with Gasteiger partial charge in [-0.1, -0.05) is 25.3 Å². The predicted molar refractivity (Wildman–Crippen MR) is 110 cm³/mol. The molecule has 0 saturated heterocycles. The highest BCUT2D eigenvalue weighted by molar-refractivity contribution is 5.80. The number of anilines is 1. The molecule has 2 heterocycles. The van der Waals surface area contributed by atoms with Gasteiger partial charge in [0.05, 0.1) is 18.5 Å². The van der Waals surface area contributed by atoms with Crippen LogP contribution in [0.5, 0.6) is 0 Å². The Kier molecular flexibility index (Phi) is 7.13. The van der Waals surface area contributed by atoms with Crippen molar-refractivity contribution in [3.8, 4) is 0 Å². The van der Waals surface area contributed by atoms with Crippen molar-refractivity contribution in [3.63, 3.8) is 0 Å². The lowest BCUT2D eigenvalue weighted by molar-refractivity contribution is 0.409. The van der Waals surface area contributed by atoms with Crippen LogP contribution in [0.15, 0.2) is 46.0 Å². The molecular formula is C21H31N5O. The third kappa shape index (κ3) is 6.31. The summed E-state index contributed by atoms with van der Waals surface area (Å²) < 4.78 is 5.42. The Morgan fingerprint density at radius 3 is 2.78 bits per heavy atom. The van der Waals surface area contributed by atoms with Crippen LogP contribution < -0.4 is 15.5 Å². The van der Waals surface area contributed by atoms with Crippen LogP contribution in [0, 0.1) is 0 Å².